The van der Waals surface area contributed by atoms with E-state index in [-0.39, 0.29) is 17.9 Å². The second kappa shape index (κ2) is 4.91. The summed E-state index contributed by atoms with van der Waals surface area (Å²) in [5.41, 5.74) is 0. The maximum Gasteiger partial charge on any atom is 0.247 e. The highest BCUT2D eigenvalue weighted by atomic mass is 32.2. The third kappa shape index (κ3) is 2.09. The van der Waals surface area contributed by atoms with Crippen molar-refractivity contribution in [1.82, 2.24) is 9.80 Å². The van der Waals surface area contributed by atoms with Gasteiger partial charge in [-0.15, -0.1) is 11.8 Å². The van der Waals surface area contributed by atoms with Gasteiger partial charge in [-0.2, -0.15) is 0 Å². The zero-order chi connectivity index (χ0) is 11.5. The first-order chi connectivity index (χ1) is 7.74. The fourth-order valence-corrected chi connectivity index (χ4v) is 3.29. The van der Waals surface area contributed by atoms with Crippen molar-refractivity contribution in [3.63, 3.8) is 0 Å². The van der Waals surface area contributed by atoms with Crippen LogP contribution in [0.1, 0.15) is 12.8 Å². The second-order valence-corrected chi connectivity index (χ2v) is 5.06. The molecule has 0 bridgehead atoms. The Kier molecular flexibility index (Phi) is 3.53. The van der Waals surface area contributed by atoms with Crippen molar-refractivity contribution in [2.75, 3.05) is 24.7 Å². The van der Waals surface area contributed by atoms with E-state index in [1.54, 1.807) is 16.7 Å². The van der Waals surface area contributed by atoms with Crippen LogP contribution in [0.4, 0.5) is 0 Å². The summed E-state index contributed by atoms with van der Waals surface area (Å²) >= 11 is 1.63. The molecule has 0 radical (unpaired) electrons. The molecule has 1 unspecified atom stereocenters. The molecule has 2 aliphatic heterocycles. The maximum absolute atomic E-state index is 12.2. The number of nitrogens with zero attached hydrogens (tertiary/aromatic N) is 2. The van der Waals surface area contributed by atoms with E-state index in [0.29, 0.717) is 5.88 Å². The number of thioether (sulfide) groups is 1. The van der Waals surface area contributed by atoms with Gasteiger partial charge in [-0.1, -0.05) is 6.58 Å². The van der Waals surface area contributed by atoms with E-state index in [1.165, 1.54) is 6.08 Å². The monoisotopic (exact) mass is 240 g/mol. The highest BCUT2D eigenvalue weighted by molar-refractivity contribution is 7.99. The van der Waals surface area contributed by atoms with E-state index in [4.69, 9.17) is 0 Å². The lowest BCUT2D eigenvalue weighted by atomic mass is 10.2. The van der Waals surface area contributed by atoms with Gasteiger partial charge in [-0.3, -0.25) is 9.59 Å². The van der Waals surface area contributed by atoms with Gasteiger partial charge in [0.15, 0.2) is 0 Å². The SMILES string of the molecule is C=CC(=O)N1CSCC1C(=O)N1CCCC1. The lowest BCUT2D eigenvalue weighted by Gasteiger charge is -2.26. The number of amides is 2. The molecule has 0 aromatic rings. The summed E-state index contributed by atoms with van der Waals surface area (Å²) in [5.74, 6) is 1.30. The van der Waals surface area contributed by atoms with E-state index in [1.807, 2.05) is 4.90 Å². The lowest BCUT2D eigenvalue weighted by molar-refractivity contribution is -0.140. The summed E-state index contributed by atoms with van der Waals surface area (Å²) < 4.78 is 0. The minimum Gasteiger partial charge on any atom is -0.341 e. The van der Waals surface area contributed by atoms with Crippen LogP contribution < -0.4 is 0 Å². The Morgan fingerprint density at radius 3 is 2.62 bits per heavy atom. The molecule has 4 nitrogen and oxygen atoms in total. The molecule has 0 aromatic carbocycles. The zero-order valence-electron chi connectivity index (χ0n) is 9.22. The molecule has 2 aliphatic rings. The van der Waals surface area contributed by atoms with Gasteiger partial charge in [0.1, 0.15) is 6.04 Å². The summed E-state index contributed by atoms with van der Waals surface area (Å²) in [6.07, 6.45) is 3.46. The molecule has 0 aliphatic carbocycles. The van der Waals surface area contributed by atoms with Crippen molar-refractivity contribution in [3.05, 3.63) is 12.7 Å². The first-order valence-electron chi connectivity index (χ1n) is 5.53. The van der Waals surface area contributed by atoms with Crippen LogP contribution in [-0.4, -0.2) is 52.4 Å². The third-order valence-electron chi connectivity index (χ3n) is 3.04. The molecular weight excluding hydrogens is 224 g/mol. The summed E-state index contributed by atoms with van der Waals surface area (Å²) in [6, 6.07) is -0.270. The molecule has 16 heavy (non-hydrogen) atoms. The van der Waals surface area contributed by atoms with E-state index >= 15 is 0 Å². The normalized spacial score (nSPS) is 24.9. The fraction of sp³-hybridized carbons (Fsp3) is 0.636. The van der Waals surface area contributed by atoms with Gasteiger partial charge < -0.3 is 9.80 Å². The van der Waals surface area contributed by atoms with E-state index in [2.05, 4.69) is 6.58 Å². The molecule has 0 spiro atoms. The Balaban J connectivity index is 2.04. The number of carbonyl (C=O) groups is 2. The minimum absolute atomic E-state index is 0.109. The maximum atomic E-state index is 12.2. The van der Waals surface area contributed by atoms with E-state index in [0.717, 1.165) is 31.7 Å². The van der Waals surface area contributed by atoms with Gasteiger partial charge in [0.2, 0.25) is 11.8 Å². The summed E-state index contributed by atoms with van der Waals surface area (Å²) in [5, 5.41) is 0. The Bertz CT molecular complexity index is 313. The molecule has 0 N–H and O–H groups in total. The first-order valence-corrected chi connectivity index (χ1v) is 6.69. The van der Waals surface area contributed by atoms with Crippen LogP contribution in [0.3, 0.4) is 0 Å². The predicted molar refractivity (Wildman–Crippen MR) is 64.0 cm³/mol. The highest BCUT2D eigenvalue weighted by Crippen LogP contribution is 2.24. The summed E-state index contributed by atoms with van der Waals surface area (Å²) in [4.78, 5) is 27.2. The molecule has 5 heteroatoms. The molecule has 1 atom stereocenters. The van der Waals surface area contributed by atoms with Crippen molar-refractivity contribution >= 4 is 23.6 Å². The van der Waals surface area contributed by atoms with Crippen molar-refractivity contribution in [2.24, 2.45) is 0 Å². The number of carbonyl (C=O) groups excluding carboxylic acids is 2. The number of rotatable bonds is 2. The minimum atomic E-state index is -0.270. The van der Waals surface area contributed by atoms with Crippen LogP contribution in [0.2, 0.25) is 0 Å². The number of likely N-dealkylation sites (tertiary alicyclic amines) is 1. The molecule has 2 fully saturated rings. The largest absolute Gasteiger partial charge is 0.341 e. The van der Waals surface area contributed by atoms with E-state index < -0.39 is 0 Å². The lowest BCUT2D eigenvalue weighted by Crippen LogP contribution is -2.47. The van der Waals surface area contributed by atoms with Gasteiger partial charge in [-0.25, -0.2) is 0 Å². The molecule has 0 saturated carbocycles. The summed E-state index contributed by atoms with van der Waals surface area (Å²) in [6.45, 7) is 5.16. The Labute approximate surface area is 99.7 Å². The van der Waals surface area contributed by atoms with Gasteiger partial charge in [-0.05, 0) is 18.9 Å². The quantitative estimate of drug-likeness (QED) is 0.667. The van der Waals surface area contributed by atoms with Crippen LogP contribution in [-0.2, 0) is 9.59 Å². The van der Waals surface area contributed by atoms with Crippen molar-refractivity contribution in [1.29, 1.82) is 0 Å². The van der Waals surface area contributed by atoms with Crippen LogP contribution in [0.15, 0.2) is 12.7 Å². The molecule has 2 rings (SSSR count). The topological polar surface area (TPSA) is 40.6 Å². The van der Waals surface area contributed by atoms with Gasteiger partial charge in [0.25, 0.3) is 0 Å². The predicted octanol–water partition coefficient (Wildman–Crippen LogP) is 0.696. The Hall–Kier alpha value is -0.970. The van der Waals surface area contributed by atoms with Crippen molar-refractivity contribution in [3.8, 4) is 0 Å². The number of hydrogen-bond donors (Lipinski definition) is 0. The van der Waals surface area contributed by atoms with Gasteiger partial charge in [0.05, 0.1) is 5.88 Å². The standard InChI is InChI=1S/C11H16N2O2S/c1-2-10(14)13-8-16-7-9(13)11(15)12-5-3-4-6-12/h2,9H,1,3-8H2. The number of hydrogen-bond acceptors (Lipinski definition) is 3. The Morgan fingerprint density at radius 2 is 2.00 bits per heavy atom. The van der Waals surface area contributed by atoms with Crippen molar-refractivity contribution in [2.45, 2.75) is 18.9 Å². The molecular formula is C11H16N2O2S. The van der Waals surface area contributed by atoms with Crippen LogP contribution >= 0.6 is 11.8 Å². The zero-order valence-corrected chi connectivity index (χ0v) is 10.0. The molecule has 2 heterocycles. The average Bonchev–Trinajstić information content (AvgIpc) is 2.97. The first kappa shape index (κ1) is 11.5. The van der Waals surface area contributed by atoms with Crippen LogP contribution in [0.5, 0.6) is 0 Å². The Morgan fingerprint density at radius 1 is 1.31 bits per heavy atom. The molecule has 88 valence electrons. The van der Waals surface area contributed by atoms with Gasteiger partial charge in [0, 0.05) is 18.8 Å². The second-order valence-electron chi connectivity index (χ2n) is 4.06. The highest BCUT2D eigenvalue weighted by Gasteiger charge is 2.36. The van der Waals surface area contributed by atoms with Gasteiger partial charge >= 0.3 is 0 Å². The van der Waals surface area contributed by atoms with E-state index in [9.17, 15) is 9.59 Å². The third-order valence-corrected chi connectivity index (χ3v) is 4.05. The molecule has 2 saturated heterocycles. The fourth-order valence-electron chi connectivity index (χ4n) is 2.13. The smallest absolute Gasteiger partial charge is 0.247 e. The summed E-state index contributed by atoms with van der Waals surface area (Å²) in [7, 11) is 0. The molecule has 2 amide bonds. The average molecular weight is 240 g/mol. The van der Waals surface area contributed by atoms with Crippen LogP contribution in [0, 0.1) is 0 Å². The van der Waals surface area contributed by atoms with Crippen molar-refractivity contribution < 1.29 is 9.59 Å². The molecule has 0 aromatic heterocycles. The van der Waals surface area contributed by atoms with Crippen LogP contribution in [0.25, 0.3) is 0 Å².